The Hall–Kier alpha value is -1.51. The molecule has 0 bridgehead atoms. The molecule has 0 aromatic heterocycles. The summed E-state index contributed by atoms with van der Waals surface area (Å²) in [5, 5.41) is 2.91. The van der Waals surface area contributed by atoms with Gasteiger partial charge in [-0.3, -0.25) is 4.79 Å². The first kappa shape index (κ1) is 14.6. The topological polar surface area (TPSA) is 38.3 Å². The van der Waals surface area contributed by atoms with Gasteiger partial charge in [0.05, 0.1) is 0 Å². The number of benzene rings is 1. The van der Waals surface area contributed by atoms with E-state index in [1.165, 1.54) is 0 Å². The Kier molecular flexibility index (Phi) is 5.20. The lowest BCUT2D eigenvalue weighted by atomic mass is 10.1. The molecule has 1 unspecified atom stereocenters. The summed E-state index contributed by atoms with van der Waals surface area (Å²) in [4.78, 5) is 11.7. The van der Waals surface area contributed by atoms with Crippen molar-refractivity contribution in [1.29, 1.82) is 0 Å². The zero-order valence-electron chi connectivity index (χ0n) is 11.9. The van der Waals surface area contributed by atoms with Crippen molar-refractivity contribution < 1.29 is 9.53 Å². The second kappa shape index (κ2) is 6.43. The predicted octanol–water partition coefficient (Wildman–Crippen LogP) is 2.84. The van der Waals surface area contributed by atoms with Crippen molar-refractivity contribution >= 4 is 5.91 Å². The van der Waals surface area contributed by atoms with Gasteiger partial charge in [0, 0.05) is 6.04 Å². The van der Waals surface area contributed by atoms with Gasteiger partial charge >= 0.3 is 0 Å². The van der Waals surface area contributed by atoms with Gasteiger partial charge in [-0.05, 0) is 49.9 Å². The van der Waals surface area contributed by atoms with Crippen LogP contribution in [0.25, 0.3) is 0 Å². The van der Waals surface area contributed by atoms with E-state index in [9.17, 15) is 4.79 Å². The molecule has 0 spiro atoms. The maximum absolute atomic E-state index is 11.7. The van der Waals surface area contributed by atoms with Gasteiger partial charge in [0.2, 0.25) is 0 Å². The van der Waals surface area contributed by atoms with Gasteiger partial charge in [-0.25, -0.2) is 0 Å². The molecule has 0 aliphatic carbocycles. The summed E-state index contributed by atoms with van der Waals surface area (Å²) in [6.07, 6.45) is 0. The van der Waals surface area contributed by atoms with Gasteiger partial charge in [0.25, 0.3) is 5.91 Å². The fraction of sp³-hybridized carbons (Fsp3) is 0.533. The number of aryl methyl sites for hydroxylation is 2. The third-order valence-electron chi connectivity index (χ3n) is 2.95. The molecule has 3 heteroatoms. The van der Waals surface area contributed by atoms with Crippen LogP contribution in [-0.4, -0.2) is 18.6 Å². The third kappa shape index (κ3) is 4.78. The van der Waals surface area contributed by atoms with Crippen molar-refractivity contribution in [2.75, 3.05) is 6.61 Å². The number of carbonyl (C=O) groups is 1. The molecule has 1 N–H and O–H groups in total. The Morgan fingerprint density at radius 3 is 2.22 bits per heavy atom. The van der Waals surface area contributed by atoms with Crippen LogP contribution in [0.1, 0.15) is 31.9 Å². The Morgan fingerprint density at radius 2 is 1.72 bits per heavy atom. The molecule has 1 rings (SSSR count). The second-order valence-electron chi connectivity index (χ2n) is 5.21. The molecule has 0 heterocycles. The highest BCUT2D eigenvalue weighted by Gasteiger charge is 2.11. The Labute approximate surface area is 110 Å². The van der Waals surface area contributed by atoms with E-state index in [0.717, 1.165) is 16.9 Å². The number of ether oxygens (including phenoxy) is 1. The summed E-state index contributed by atoms with van der Waals surface area (Å²) in [5.74, 6) is 1.10. The van der Waals surface area contributed by atoms with Crippen molar-refractivity contribution in [2.45, 2.75) is 40.7 Å². The largest absolute Gasteiger partial charge is 0.484 e. The third-order valence-corrected chi connectivity index (χ3v) is 2.95. The van der Waals surface area contributed by atoms with Crippen LogP contribution in [0, 0.1) is 19.8 Å². The van der Waals surface area contributed by atoms with Crippen LogP contribution in [0.2, 0.25) is 0 Å². The van der Waals surface area contributed by atoms with Crippen molar-refractivity contribution in [3.8, 4) is 5.75 Å². The van der Waals surface area contributed by atoms with Gasteiger partial charge in [0.15, 0.2) is 6.61 Å². The van der Waals surface area contributed by atoms with Crippen molar-refractivity contribution in [2.24, 2.45) is 5.92 Å². The maximum Gasteiger partial charge on any atom is 0.258 e. The molecule has 0 radical (unpaired) electrons. The Balaban J connectivity index is 2.47. The number of amides is 1. The highest BCUT2D eigenvalue weighted by molar-refractivity contribution is 5.77. The highest BCUT2D eigenvalue weighted by Crippen LogP contribution is 2.15. The highest BCUT2D eigenvalue weighted by atomic mass is 16.5. The van der Waals surface area contributed by atoms with Crippen LogP contribution in [0.4, 0.5) is 0 Å². The lowest BCUT2D eigenvalue weighted by Crippen LogP contribution is -2.38. The molecule has 0 fully saturated rings. The van der Waals surface area contributed by atoms with E-state index in [4.69, 9.17) is 4.74 Å². The smallest absolute Gasteiger partial charge is 0.258 e. The van der Waals surface area contributed by atoms with Gasteiger partial charge < -0.3 is 10.1 Å². The molecule has 100 valence electrons. The van der Waals surface area contributed by atoms with Gasteiger partial charge in [-0.2, -0.15) is 0 Å². The lowest BCUT2D eigenvalue weighted by Gasteiger charge is -2.17. The quantitative estimate of drug-likeness (QED) is 0.871. The van der Waals surface area contributed by atoms with Crippen LogP contribution < -0.4 is 10.1 Å². The molecule has 0 aliphatic heterocycles. The average molecular weight is 249 g/mol. The first-order valence-electron chi connectivity index (χ1n) is 6.39. The van der Waals surface area contributed by atoms with Crippen LogP contribution in [0.5, 0.6) is 5.75 Å². The Morgan fingerprint density at radius 1 is 1.17 bits per heavy atom. The van der Waals surface area contributed by atoms with E-state index in [1.54, 1.807) is 0 Å². The number of carbonyl (C=O) groups excluding carboxylic acids is 1. The predicted molar refractivity (Wildman–Crippen MR) is 73.9 cm³/mol. The van der Waals surface area contributed by atoms with E-state index in [2.05, 4.69) is 25.2 Å². The minimum absolute atomic E-state index is 0.0694. The van der Waals surface area contributed by atoms with E-state index in [-0.39, 0.29) is 18.6 Å². The molecule has 0 aliphatic rings. The molecule has 1 atom stereocenters. The maximum atomic E-state index is 11.7. The summed E-state index contributed by atoms with van der Waals surface area (Å²) in [6, 6.07) is 6.12. The Bertz CT molecular complexity index is 393. The number of nitrogens with one attached hydrogen (secondary N) is 1. The summed E-state index contributed by atoms with van der Waals surface area (Å²) >= 11 is 0. The number of hydrogen-bond donors (Lipinski definition) is 1. The van der Waals surface area contributed by atoms with Crippen molar-refractivity contribution in [3.63, 3.8) is 0 Å². The van der Waals surface area contributed by atoms with Gasteiger partial charge in [-0.15, -0.1) is 0 Å². The average Bonchev–Trinajstić information content (AvgIpc) is 2.25. The lowest BCUT2D eigenvalue weighted by molar-refractivity contribution is -0.124. The number of rotatable bonds is 5. The molecule has 18 heavy (non-hydrogen) atoms. The van der Waals surface area contributed by atoms with E-state index < -0.39 is 0 Å². The molecule has 3 nitrogen and oxygen atoms in total. The van der Waals surface area contributed by atoms with Crippen molar-refractivity contribution in [3.05, 3.63) is 29.3 Å². The summed E-state index contributed by atoms with van der Waals surface area (Å²) < 4.78 is 5.50. The summed E-state index contributed by atoms with van der Waals surface area (Å²) in [7, 11) is 0. The minimum atomic E-state index is -0.0737. The molecule has 1 amide bonds. The first-order chi connectivity index (χ1) is 8.38. The molecular weight excluding hydrogens is 226 g/mol. The fourth-order valence-corrected chi connectivity index (χ4v) is 1.63. The second-order valence-corrected chi connectivity index (χ2v) is 5.21. The fourth-order valence-electron chi connectivity index (χ4n) is 1.63. The molecule has 1 aromatic rings. The van der Waals surface area contributed by atoms with E-state index >= 15 is 0 Å². The minimum Gasteiger partial charge on any atom is -0.484 e. The van der Waals surface area contributed by atoms with Gasteiger partial charge in [-0.1, -0.05) is 19.9 Å². The zero-order chi connectivity index (χ0) is 13.7. The zero-order valence-corrected chi connectivity index (χ0v) is 11.9. The van der Waals surface area contributed by atoms with Gasteiger partial charge in [0.1, 0.15) is 5.75 Å². The van der Waals surface area contributed by atoms with Crippen LogP contribution in [0.15, 0.2) is 18.2 Å². The molecule has 0 saturated heterocycles. The van der Waals surface area contributed by atoms with E-state index in [0.29, 0.717) is 5.92 Å². The number of hydrogen-bond acceptors (Lipinski definition) is 2. The van der Waals surface area contributed by atoms with Crippen LogP contribution >= 0.6 is 0 Å². The summed E-state index contributed by atoms with van der Waals surface area (Å²) in [6.45, 7) is 10.3. The van der Waals surface area contributed by atoms with Crippen LogP contribution in [-0.2, 0) is 4.79 Å². The molecular formula is C15H23NO2. The van der Waals surface area contributed by atoms with Crippen LogP contribution in [0.3, 0.4) is 0 Å². The standard InChI is InChI=1S/C15H23NO2/c1-10(2)13(5)16-15(17)9-18-14-7-11(3)6-12(4)8-14/h6-8,10,13H,9H2,1-5H3,(H,16,17). The van der Waals surface area contributed by atoms with E-state index in [1.807, 2.05) is 32.9 Å². The van der Waals surface area contributed by atoms with Crippen molar-refractivity contribution in [1.82, 2.24) is 5.32 Å². The SMILES string of the molecule is Cc1cc(C)cc(OCC(=O)NC(C)C(C)C)c1. The monoisotopic (exact) mass is 249 g/mol. The first-order valence-corrected chi connectivity index (χ1v) is 6.39. The summed E-state index contributed by atoms with van der Waals surface area (Å²) in [5.41, 5.74) is 2.28. The molecule has 0 saturated carbocycles. The normalized spacial score (nSPS) is 12.3. The molecule has 1 aromatic carbocycles.